The number of nitro groups is 1. The largest absolute Gasteiger partial charge is 0.506 e. The molecule has 0 aliphatic carbocycles. The second kappa shape index (κ2) is 8.51. The van der Waals surface area contributed by atoms with E-state index in [1.807, 2.05) is 12.1 Å². The molecule has 36 heavy (non-hydrogen) atoms. The summed E-state index contributed by atoms with van der Waals surface area (Å²) in [4.78, 5) is 22.7. The van der Waals surface area contributed by atoms with Crippen molar-refractivity contribution in [1.82, 2.24) is 0 Å². The van der Waals surface area contributed by atoms with Crippen molar-refractivity contribution >= 4 is 17.3 Å². The van der Waals surface area contributed by atoms with Gasteiger partial charge in [-0.1, -0.05) is 60.7 Å². The van der Waals surface area contributed by atoms with Crippen LogP contribution in [0.3, 0.4) is 0 Å². The number of hydrogen-bond donors (Lipinski definition) is 3. The molecule has 4 aromatic carbocycles. The quantitative estimate of drug-likeness (QED) is 0.147. The molecule has 4 aromatic rings. The molecule has 0 atom stereocenters. The average Bonchev–Trinajstić information content (AvgIpc) is 3.28. The van der Waals surface area contributed by atoms with Gasteiger partial charge in [0.05, 0.1) is 22.2 Å². The van der Waals surface area contributed by atoms with Gasteiger partial charge < -0.3 is 30.2 Å². The average molecular weight is 486 g/mol. The predicted molar refractivity (Wildman–Crippen MR) is 128 cm³/mol. The van der Waals surface area contributed by atoms with Crippen LogP contribution in [0, 0.1) is 10.1 Å². The highest BCUT2D eigenvalue weighted by Gasteiger charge is 2.47. The van der Waals surface area contributed by atoms with E-state index in [4.69, 9.17) is 19.9 Å². The third kappa shape index (κ3) is 3.76. The highest BCUT2D eigenvalue weighted by Crippen LogP contribution is 2.54. The lowest BCUT2D eigenvalue weighted by atomic mass is 9.97. The van der Waals surface area contributed by atoms with Crippen molar-refractivity contribution in [1.29, 1.82) is 0 Å². The molecular weight excluding hydrogens is 468 g/mol. The second-order valence-corrected chi connectivity index (χ2v) is 7.90. The topological polar surface area (TPSA) is 154 Å². The van der Waals surface area contributed by atoms with Crippen molar-refractivity contribution in [3.05, 3.63) is 112 Å². The lowest BCUT2D eigenvalue weighted by Gasteiger charge is -2.28. The van der Waals surface area contributed by atoms with Gasteiger partial charge in [0, 0.05) is 17.2 Å². The van der Waals surface area contributed by atoms with Gasteiger partial charge in [0.2, 0.25) is 11.5 Å². The first-order valence-corrected chi connectivity index (χ1v) is 10.6. The summed E-state index contributed by atoms with van der Waals surface area (Å²) in [7, 11) is 0. The van der Waals surface area contributed by atoms with Crippen molar-refractivity contribution < 1.29 is 34.1 Å². The number of fused-ring (bicyclic) bond motifs is 1. The van der Waals surface area contributed by atoms with E-state index in [1.165, 1.54) is 12.1 Å². The SMILES string of the molecule is Nc1cc(Oc2cc(C(=O)O)cc3c2OC(c2ccccc2)(c2ccccc2)O3)c([N+](=O)[O-])cc1O. The molecule has 1 aliphatic heterocycles. The second-order valence-electron chi connectivity index (χ2n) is 7.90. The number of nitro benzene ring substituents is 1. The van der Waals surface area contributed by atoms with E-state index in [-0.39, 0.29) is 34.2 Å². The standard InChI is InChI=1S/C26H18N2O8/c27-18-13-21(19(28(32)33)14-20(18)29)34-22-11-15(25(30)31)12-23-24(22)36-26(35-23,16-7-3-1-4-8-16)17-9-5-2-6-10-17/h1-14,29H,27H2,(H,30,31). The number of nitrogen functional groups attached to an aromatic ring is 1. The van der Waals surface area contributed by atoms with Crippen LogP contribution in [0.2, 0.25) is 0 Å². The predicted octanol–water partition coefficient (Wildman–Crippen LogP) is 5.05. The van der Waals surface area contributed by atoms with E-state index < -0.39 is 28.1 Å². The molecule has 1 heterocycles. The summed E-state index contributed by atoms with van der Waals surface area (Å²) >= 11 is 0. The molecule has 0 unspecified atom stereocenters. The van der Waals surface area contributed by atoms with Crippen LogP contribution in [0.1, 0.15) is 21.5 Å². The Hall–Kier alpha value is -5.25. The number of anilines is 1. The minimum atomic E-state index is -1.49. The number of phenols is 1. The molecular formula is C26H18N2O8. The van der Waals surface area contributed by atoms with Crippen LogP contribution in [0.4, 0.5) is 11.4 Å². The molecule has 0 fully saturated rings. The van der Waals surface area contributed by atoms with E-state index in [9.17, 15) is 25.1 Å². The van der Waals surface area contributed by atoms with Gasteiger partial charge >= 0.3 is 17.4 Å². The zero-order valence-electron chi connectivity index (χ0n) is 18.5. The molecule has 1 aliphatic rings. The Morgan fingerprint density at radius 1 is 0.917 bits per heavy atom. The fraction of sp³-hybridized carbons (Fsp3) is 0.0385. The number of benzene rings is 4. The highest BCUT2D eigenvalue weighted by atomic mass is 16.7. The van der Waals surface area contributed by atoms with Crippen LogP contribution in [0.5, 0.6) is 28.7 Å². The Bertz CT molecular complexity index is 1450. The summed E-state index contributed by atoms with van der Waals surface area (Å²) < 4.78 is 18.5. The zero-order valence-corrected chi connectivity index (χ0v) is 18.5. The summed E-state index contributed by atoms with van der Waals surface area (Å²) in [6.45, 7) is 0. The Morgan fingerprint density at radius 3 is 2.08 bits per heavy atom. The minimum absolute atomic E-state index is 0.0358. The molecule has 0 amide bonds. The van der Waals surface area contributed by atoms with Gasteiger partial charge in [0.1, 0.15) is 5.75 Å². The third-order valence-electron chi connectivity index (χ3n) is 5.60. The molecule has 180 valence electrons. The molecule has 0 radical (unpaired) electrons. The van der Waals surface area contributed by atoms with Gasteiger partial charge in [-0.2, -0.15) is 0 Å². The van der Waals surface area contributed by atoms with Crippen LogP contribution in [-0.2, 0) is 5.79 Å². The first kappa shape index (κ1) is 22.5. The normalized spacial score (nSPS) is 13.2. The summed E-state index contributed by atoms with van der Waals surface area (Å²) in [6.07, 6.45) is 0. The first-order valence-electron chi connectivity index (χ1n) is 10.6. The Balaban J connectivity index is 1.69. The van der Waals surface area contributed by atoms with Crippen molar-refractivity contribution in [2.24, 2.45) is 0 Å². The van der Waals surface area contributed by atoms with E-state index >= 15 is 0 Å². The number of phenolic OH excluding ortho intramolecular Hbond substituents is 1. The number of ether oxygens (including phenoxy) is 3. The maximum Gasteiger partial charge on any atom is 0.335 e. The summed E-state index contributed by atoms with van der Waals surface area (Å²) in [5, 5.41) is 31.1. The molecule has 0 saturated heterocycles. The van der Waals surface area contributed by atoms with Crippen molar-refractivity contribution in [3.8, 4) is 28.7 Å². The van der Waals surface area contributed by atoms with Gasteiger partial charge in [0.15, 0.2) is 11.5 Å². The number of aromatic carboxylic acids is 1. The smallest absolute Gasteiger partial charge is 0.335 e. The van der Waals surface area contributed by atoms with E-state index in [1.54, 1.807) is 48.5 Å². The highest BCUT2D eigenvalue weighted by molar-refractivity contribution is 5.89. The van der Waals surface area contributed by atoms with Gasteiger partial charge in [-0.25, -0.2) is 4.79 Å². The van der Waals surface area contributed by atoms with Gasteiger partial charge in [-0.3, -0.25) is 10.1 Å². The van der Waals surface area contributed by atoms with E-state index in [0.717, 1.165) is 12.1 Å². The van der Waals surface area contributed by atoms with Crippen LogP contribution in [0.25, 0.3) is 0 Å². The van der Waals surface area contributed by atoms with Gasteiger partial charge in [0.25, 0.3) is 0 Å². The molecule has 5 rings (SSSR count). The molecule has 10 nitrogen and oxygen atoms in total. The summed E-state index contributed by atoms with van der Waals surface area (Å²) in [5.41, 5.74) is 6.03. The fourth-order valence-electron chi connectivity index (χ4n) is 3.91. The molecule has 0 bridgehead atoms. The number of hydrogen-bond acceptors (Lipinski definition) is 8. The number of nitrogens with two attached hydrogens (primary N) is 1. The molecule has 0 saturated carbocycles. The minimum Gasteiger partial charge on any atom is -0.506 e. The van der Waals surface area contributed by atoms with Gasteiger partial charge in [-0.05, 0) is 12.1 Å². The number of carbonyl (C=O) groups is 1. The lowest BCUT2D eigenvalue weighted by Crippen LogP contribution is -2.36. The Morgan fingerprint density at radius 2 is 1.53 bits per heavy atom. The number of rotatable bonds is 6. The Labute approximate surface area is 203 Å². The fourth-order valence-corrected chi connectivity index (χ4v) is 3.91. The summed E-state index contributed by atoms with van der Waals surface area (Å²) in [6, 6.07) is 22.4. The van der Waals surface area contributed by atoms with Crippen LogP contribution in [-0.4, -0.2) is 21.1 Å². The lowest BCUT2D eigenvalue weighted by molar-refractivity contribution is -0.385. The zero-order chi connectivity index (χ0) is 25.4. The van der Waals surface area contributed by atoms with Gasteiger partial charge in [-0.15, -0.1) is 0 Å². The molecule has 4 N–H and O–H groups in total. The van der Waals surface area contributed by atoms with Crippen LogP contribution >= 0.6 is 0 Å². The monoisotopic (exact) mass is 486 g/mol. The maximum atomic E-state index is 11.9. The molecule has 0 aromatic heterocycles. The number of aromatic hydroxyl groups is 1. The first-order chi connectivity index (χ1) is 17.3. The Kier molecular flexibility index (Phi) is 5.33. The maximum absolute atomic E-state index is 11.9. The van der Waals surface area contributed by atoms with Crippen molar-refractivity contribution in [2.45, 2.75) is 5.79 Å². The van der Waals surface area contributed by atoms with E-state index in [0.29, 0.717) is 11.1 Å². The third-order valence-corrected chi connectivity index (χ3v) is 5.60. The van der Waals surface area contributed by atoms with Crippen molar-refractivity contribution in [2.75, 3.05) is 5.73 Å². The van der Waals surface area contributed by atoms with Crippen molar-refractivity contribution in [3.63, 3.8) is 0 Å². The van der Waals surface area contributed by atoms with Crippen LogP contribution in [0.15, 0.2) is 84.9 Å². The molecule has 10 heteroatoms. The number of nitrogens with zero attached hydrogens (tertiary/aromatic N) is 1. The number of carboxylic acids is 1. The van der Waals surface area contributed by atoms with E-state index in [2.05, 4.69) is 0 Å². The summed E-state index contributed by atoms with van der Waals surface area (Å²) in [5.74, 6) is -3.62. The van der Waals surface area contributed by atoms with Crippen LogP contribution < -0.4 is 19.9 Å². The number of carboxylic acid groups (broad SMARTS) is 1. The molecule has 0 spiro atoms.